The normalized spacial score (nSPS) is 11.0. The molecule has 2 heterocycles. The Hall–Kier alpha value is -2.75. The minimum Gasteiger partial charge on any atom is -0.356 e. The van der Waals surface area contributed by atoms with Crippen LogP contribution in [0.4, 0.5) is 0 Å². The van der Waals surface area contributed by atoms with E-state index >= 15 is 0 Å². The molecule has 0 unspecified atom stereocenters. The van der Waals surface area contributed by atoms with Gasteiger partial charge in [0.05, 0.1) is 11.3 Å². The van der Waals surface area contributed by atoms with Crippen molar-refractivity contribution >= 4 is 60.9 Å². The highest BCUT2D eigenvalue weighted by Gasteiger charge is 2.15. The van der Waals surface area contributed by atoms with Crippen LogP contribution in [0.3, 0.4) is 0 Å². The van der Waals surface area contributed by atoms with Gasteiger partial charge >= 0.3 is 0 Å². The number of amides is 1. The van der Waals surface area contributed by atoms with Gasteiger partial charge in [-0.15, -0.1) is 11.3 Å². The number of rotatable bonds is 11. The van der Waals surface area contributed by atoms with E-state index in [0.29, 0.717) is 46.9 Å². The molecule has 180 valence electrons. The van der Waals surface area contributed by atoms with Gasteiger partial charge in [-0.05, 0) is 42.0 Å². The number of thioether (sulfide) groups is 1. The molecule has 2 aromatic heterocycles. The van der Waals surface area contributed by atoms with E-state index in [1.165, 1.54) is 28.7 Å². The standard InChI is InChI=1S/C26H24BrN3O3S2/c27-20-10-8-19(9-11-20)22(31)17-35-26-29-21-13-16-34-24(21)25(33)30(26)15-4-7-23(32)28-14-12-18-5-2-1-3-6-18/h1-3,5-6,8-11,13,16H,4,7,12,14-15,17H2,(H,28,32). The number of thiophene rings is 1. The molecular weight excluding hydrogens is 546 g/mol. The minimum absolute atomic E-state index is 0.0356. The van der Waals surface area contributed by atoms with Gasteiger partial charge in [0.1, 0.15) is 4.70 Å². The number of carbonyl (C=O) groups is 2. The minimum atomic E-state index is -0.131. The summed E-state index contributed by atoms with van der Waals surface area (Å²) in [6.07, 6.45) is 1.59. The summed E-state index contributed by atoms with van der Waals surface area (Å²) in [4.78, 5) is 42.7. The molecule has 1 N–H and O–H groups in total. The van der Waals surface area contributed by atoms with Crippen LogP contribution in [0.1, 0.15) is 28.8 Å². The molecule has 35 heavy (non-hydrogen) atoms. The predicted molar refractivity (Wildman–Crippen MR) is 145 cm³/mol. The van der Waals surface area contributed by atoms with E-state index in [-0.39, 0.29) is 23.0 Å². The second-order valence-corrected chi connectivity index (χ2v) is 10.7. The van der Waals surface area contributed by atoms with Crippen molar-refractivity contribution in [2.45, 2.75) is 31.0 Å². The van der Waals surface area contributed by atoms with E-state index in [0.717, 1.165) is 10.9 Å². The van der Waals surface area contributed by atoms with Crippen LogP contribution in [-0.2, 0) is 17.8 Å². The molecule has 0 aliphatic heterocycles. The first kappa shape index (κ1) is 25.3. The third kappa shape index (κ3) is 6.90. The van der Waals surface area contributed by atoms with Crippen molar-refractivity contribution in [1.82, 2.24) is 14.9 Å². The molecule has 0 saturated heterocycles. The number of carbonyl (C=O) groups excluding carboxylic acids is 2. The molecule has 0 saturated carbocycles. The van der Waals surface area contributed by atoms with Crippen molar-refractivity contribution in [1.29, 1.82) is 0 Å². The Bertz CT molecular complexity index is 1370. The van der Waals surface area contributed by atoms with E-state index in [1.807, 2.05) is 53.9 Å². The Morgan fingerprint density at radius 1 is 1.06 bits per heavy atom. The summed E-state index contributed by atoms with van der Waals surface area (Å²) < 4.78 is 3.08. The molecular formula is C26H24BrN3O3S2. The SMILES string of the molecule is O=C(CCCn1c(SCC(=O)c2ccc(Br)cc2)nc2ccsc2c1=O)NCCc1ccccc1. The van der Waals surface area contributed by atoms with Crippen LogP contribution in [0.2, 0.25) is 0 Å². The predicted octanol–water partition coefficient (Wildman–Crippen LogP) is 5.33. The summed E-state index contributed by atoms with van der Waals surface area (Å²) in [6, 6.07) is 19.0. The molecule has 0 radical (unpaired) electrons. The Kier molecular flexibility index (Phi) is 8.90. The number of hydrogen-bond acceptors (Lipinski definition) is 6. The summed E-state index contributed by atoms with van der Waals surface area (Å²) in [5.41, 5.74) is 2.29. The molecule has 1 amide bonds. The Balaban J connectivity index is 1.37. The maximum absolute atomic E-state index is 13.1. The van der Waals surface area contributed by atoms with Gasteiger partial charge in [-0.2, -0.15) is 0 Å². The zero-order valence-corrected chi connectivity index (χ0v) is 22.1. The number of aromatic nitrogens is 2. The summed E-state index contributed by atoms with van der Waals surface area (Å²) in [5.74, 6) is 0.0919. The topological polar surface area (TPSA) is 81.1 Å². The fourth-order valence-electron chi connectivity index (χ4n) is 3.56. The summed E-state index contributed by atoms with van der Waals surface area (Å²) >= 11 is 5.98. The van der Waals surface area contributed by atoms with Gasteiger partial charge in [0, 0.05) is 29.5 Å². The van der Waals surface area contributed by atoms with E-state index in [9.17, 15) is 14.4 Å². The third-order valence-corrected chi connectivity index (χ3v) is 7.79. The number of benzene rings is 2. The lowest BCUT2D eigenvalue weighted by atomic mass is 10.1. The lowest BCUT2D eigenvalue weighted by Crippen LogP contribution is -2.27. The first-order valence-electron chi connectivity index (χ1n) is 11.2. The number of hydrogen-bond donors (Lipinski definition) is 1. The van der Waals surface area contributed by atoms with Gasteiger partial charge < -0.3 is 5.32 Å². The number of nitrogens with one attached hydrogen (secondary N) is 1. The number of ketones is 1. The Morgan fingerprint density at radius 3 is 2.60 bits per heavy atom. The second kappa shape index (κ2) is 12.3. The molecule has 0 spiro atoms. The molecule has 0 atom stereocenters. The van der Waals surface area contributed by atoms with Gasteiger partial charge in [-0.25, -0.2) is 4.98 Å². The van der Waals surface area contributed by atoms with Crippen molar-refractivity contribution in [3.05, 3.63) is 92.0 Å². The lowest BCUT2D eigenvalue weighted by Gasteiger charge is -2.12. The van der Waals surface area contributed by atoms with Gasteiger partial charge in [-0.3, -0.25) is 19.0 Å². The van der Waals surface area contributed by atoms with Crippen LogP contribution < -0.4 is 10.9 Å². The van der Waals surface area contributed by atoms with Crippen molar-refractivity contribution in [2.75, 3.05) is 12.3 Å². The maximum atomic E-state index is 13.1. The monoisotopic (exact) mass is 569 g/mol. The molecule has 9 heteroatoms. The van der Waals surface area contributed by atoms with E-state index < -0.39 is 0 Å². The van der Waals surface area contributed by atoms with Crippen molar-refractivity contribution < 1.29 is 9.59 Å². The summed E-state index contributed by atoms with van der Waals surface area (Å²) in [7, 11) is 0. The highest BCUT2D eigenvalue weighted by molar-refractivity contribution is 9.10. The van der Waals surface area contributed by atoms with Gasteiger partial charge in [0.25, 0.3) is 5.56 Å². The summed E-state index contributed by atoms with van der Waals surface area (Å²) in [6.45, 7) is 0.936. The molecule has 4 rings (SSSR count). The van der Waals surface area contributed by atoms with Crippen LogP contribution in [-0.4, -0.2) is 33.5 Å². The number of Topliss-reactive ketones (excluding diaryl/α,β-unsaturated/α-hetero) is 1. The molecule has 0 aliphatic rings. The fraction of sp³-hybridized carbons (Fsp3) is 0.231. The molecule has 6 nitrogen and oxygen atoms in total. The fourth-order valence-corrected chi connectivity index (χ4v) is 5.52. The average molecular weight is 571 g/mol. The molecule has 0 bridgehead atoms. The quantitative estimate of drug-likeness (QED) is 0.150. The van der Waals surface area contributed by atoms with E-state index in [1.54, 1.807) is 16.7 Å². The smallest absolute Gasteiger partial charge is 0.272 e. The van der Waals surface area contributed by atoms with Crippen LogP contribution in [0.25, 0.3) is 10.2 Å². The van der Waals surface area contributed by atoms with Crippen LogP contribution in [0.5, 0.6) is 0 Å². The van der Waals surface area contributed by atoms with Crippen molar-refractivity contribution in [2.24, 2.45) is 0 Å². The number of halogens is 1. The molecule has 2 aromatic carbocycles. The first-order chi connectivity index (χ1) is 17.0. The molecule has 0 fully saturated rings. The number of fused-ring (bicyclic) bond motifs is 1. The zero-order valence-electron chi connectivity index (χ0n) is 18.9. The van der Waals surface area contributed by atoms with Gasteiger partial charge in [0.15, 0.2) is 10.9 Å². The van der Waals surface area contributed by atoms with Gasteiger partial charge in [0.2, 0.25) is 5.91 Å². The molecule has 0 aliphatic carbocycles. The van der Waals surface area contributed by atoms with Crippen molar-refractivity contribution in [3.63, 3.8) is 0 Å². The van der Waals surface area contributed by atoms with E-state index in [4.69, 9.17) is 0 Å². The highest BCUT2D eigenvalue weighted by atomic mass is 79.9. The third-order valence-electron chi connectivity index (χ3n) is 5.39. The highest BCUT2D eigenvalue weighted by Crippen LogP contribution is 2.22. The second-order valence-electron chi connectivity index (χ2n) is 7.89. The Morgan fingerprint density at radius 2 is 1.83 bits per heavy atom. The average Bonchev–Trinajstić information content (AvgIpc) is 3.34. The summed E-state index contributed by atoms with van der Waals surface area (Å²) in [5, 5.41) is 5.28. The van der Waals surface area contributed by atoms with Crippen LogP contribution in [0, 0.1) is 0 Å². The Labute approximate surface area is 219 Å². The maximum Gasteiger partial charge on any atom is 0.272 e. The zero-order chi connectivity index (χ0) is 24.6. The van der Waals surface area contributed by atoms with E-state index in [2.05, 4.69) is 26.2 Å². The van der Waals surface area contributed by atoms with Crippen molar-refractivity contribution in [3.8, 4) is 0 Å². The largest absolute Gasteiger partial charge is 0.356 e. The molecule has 4 aromatic rings. The first-order valence-corrected chi connectivity index (χ1v) is 13.9. The lowest BCUT2D eigenvalue weighted by molar-refractivity contribution is -0.121. The number of nitrogens with zero attached hydrogens (tertiary/aromatic N) is 2. The van der Waals surface area contributed by atoms with Crippen LogP contribution >= 0.6 is 39.0 Å². The van der Waals surface area contributed by atoms with Crippen LogP contribution in [0.15, 0.2) is 80.5 Å². The van der Waals surface area contributed by atoms with Gasteiger partial charge in [-0.1, -0.05) is 70.2 Å².